The highest BCUT2D eigenvalue weighted by molar-refractivity contribution is 8.00. The molecule has 0 aromatic carbocycles. The summed E-state index contributed by atoms with van der Waals surface area (Å²) in [5.41, 5.74) is 0. The van der Waals surface area contributed by atoms with Crippen LogP contribution in [-0.2, 0) is 13.2 Å². The van der Waals surface area contributed by atoms with Crippen molar-refractivity contribution in [3.8, 4) is 0 Å². The van der Waals surface area contributed by atoms with Gasteiger partial charge in [0.15, 0.2) is 0 Å². The van der Waals surface area contributed by atoms with E-state index in [1.54, 1.807) is 0 Å². The van der Waals surface area contributed by atoms with Gasteiger partial charge in [-0.25, -0.2) is 0 Å². The Labute approximate surface area is 101 Å². The second-order valence-corrected chi connectivity index (χ2v) is 6.65. The van der Waals surface area contributed by atoms with E-state index in [0.29, 0.717) is 10.5 Å². The Kier molecular flexibility index (Phi) is 3.62. The van der Waals surface area contributed by atoms with Crippen LogP contribution >= 0.6 is 11.8 Å². The molecule has 1 aromatic rings. The Hall–Kier alpha value is -0.450. The first kappa shape index (κ1) is 12.0. The molecule has 4 heteroatoms. The molecule has 2 rings (SSSR count). The summed E-state index contributed by atoms with van der Waals surface area (Å²) in [5.74, 6) is 2.79. The minimum absolute atomic E-state index is 0.0126. The smallest absolute Gasteiger partial charge is 0.129 e. The Morgan fingerprint density at radius 1 is 1.44 bits per heavy atom. The van der Waals surface area contributed by atoms with Crippen molar-refractivity contribution in [1.29, 1.82) is 0 Å². The van der Waals surface area contributed by atoms with E-state index in [0.717, 1.165) is 25.4 Å². The first-order valence-electron chi connectivity index (χ1n) is 5.64. The molecule has 1 N–H and O–H groups in total. The third-order valence-electron chi connectivity index (χ3n) is 2.76. The van der Waals surface area contributed by atoms with Crippen LogP contribution < -0.4 is 0 Å². The fraction of sp³-hybridized carbons (Fsp3) is 0.667. The average Bonchev–Trinajstić information content (AvgIpc) is 2.64. The molecule has 2 heterocycles. The lowest BCUT2D eigenvalue weighted by Crippen LogP contribution is -2.42. The molecular weight excluding hydrogens is 222 g/mol. The fourth-order valence-corrected chi connectivity index (χ4v) is 3.24. The maximum absolute atomic E-state index is 8.93. The number of aliphatic hydroxyl groups excluding tert-OH is 1. The number of hydrogen-bond acceptors (Lipinski definition) is 4. The summed E-state index contributed by atoms with van der Waals surface area (Å²) in [6.07, 6.45) is 0. The number of nitrogens with zero attached hydrogens (tertiary/aromatic N) is 1. The standard InChI is InChI=1S/C12H19NO2S/c1-12(2)9-13(5-6-16-12)7-10-3-4-11(8-14)15-10/h3-4,14H,5-9H2,1-2H3. The quantitative estimate of drug-likeness (QED) is 0.879. The largest absolute Gasteiger partial charge is 0.462 e. The summed E-state index contributed by atoms with van der Waals surface area (Å²) in [6, 6.07) is 3.81. The van der Waals surface area contributed by atoms with E-state index in [4.69, 9.17) is 9.52 Å². The molecule has 0 bridgehead atoms. The van der Waals surface area contributed by atoms with Crippen molar-refractivity contribution in [2.24, 2.45) is 0 Å². The van der Waals surface area contributed by atoms with Gasteiger partial charge in [0.2, 0.25) is 0 Å². The van der Waals surface area contributed by atoms with Crippen molar-refractivity contribution in [3.05, 3.63) is 23.7 Å². The van der Waals surface area contributed by atoms with Gasteiger partial charge in [-0.15, -0.1) is 0 Å². The van der Waals surface area contributed by atoms with Crippen LogP contribution in [0.4, 0.5) is 0 Å². The zero-order chi connectivity index (χ0) is 11.6. The molecule has 0 aliphatic carbocycles. The van der Waals surface area contributed by atoms with Crippen LogP contribution in [0.5, 0.6) is 0 Å². The number of furan rings is 1. The van der Waals surface area contributed by atoms with Gasteiger partial charge in [-0.2, -0.15) is 11.8 Å². The highest BCUT2D eigenvalue weighted by Crippen LogP contribution is 2.30. The van der Waals surface area contributed by atoms with Crippen LogP contribution in [0, 0.1) is 0 Å². The van der Waals surface area contributed by atoms with Crippen LogP contribution in [0.3, 0.4) is 0 Å². The molecule has 16 heavy (non-hydrogen) atoms. The van der Waals surface area contributed by atoms with Crippen molar-refractivity contribution in [2.45, 2.75) is 31.7 Å². The van der Waals surface area contributed by atoms with Crippen LogP contribution in [0.25, 0.3) is 0 Å². The number of thioether (sulfide) groups is 1. The molecule has 0 spiro atoms. The molecular formula is C12H19NO2S. The lowest BCUT2D eigenvalue weighted by atomic mass is 10.2. The van der Waals surface area contributed by atoms with Crippen LogP contribution in [-0.4, -0.2) is 33.6 Å². The third kappa shape index (κ3) is 3.03. The first-order chi connectivity index (χ1) is 7.59. The zero-order valence-corrected chi connectivity index (χ0v) is 10.7. The second kappa shape index (κ2) is 4.82. The first-order valence-corrected chi connectivity index (χ1v) is 6.62. The molecule has 0 saturated carbocycles. The van der Waals surface area contributed by atoms with Crippen molar-refractivity contribution in [1.82, 2.24) is 4.90 Å². The number of hydrogen-bond donors (Lipinski definition) is 1. The maximum atomic E-state index is 8.93. The van der Waals surface area contributed by atoms with Crippen molar-refractivity contribution < 1.29 is 9.52 Å². The molecule has 1 fully saturated rings. The highest BCUT2D eigenvalue weighted by atomic mass is 32.2. The van der Waals surface area contributed by atoms with E-state index in [9.17, 15) is 0 Å². The predicted molar refractivity (Wildman–Crippen MR) is 66.4 cm³/mol. The van der Waals surface area contributed by atoms with Gasteiger partial charge in [0.1, 0.15) is 18.1 Å². The van der Waals surface area contributed by atoms with Crippen LogP contribution in [0.1, 0.15) is 25.4 Å². The van der Waals surface area contributed by atoms with Gasteiger partial charge in [0, 0.05) is 23.6 Å². The Balaban J connectivity index is 1.94. The molecule has 1 aliphatic heterocycles. The van der Waals surface area contributed by atoms with E-state index in [1.165, 1.54) is 5.75 Å². The van der Waals surface area contributed by atoms with Gasteiger partial charge in [0.25, 0.3) is 0 Å². The third-order valence-corrected chi connectivity index (χ3v) is 4.05. The predicted octanol–water partition coefficient (Wildman–Crippen LogP) is 2.10. The monoisotopic (exact) mass is 241 g/mol. The molecule has 90 valence electrons. The summed E-state index contributed by atoms with van der Waals surface area (Å²) in [6.45, 7) is 7.61. The molecule has 0 radical (unpaired) electrons. The molecule has 1 aliphatic rings. The highest BCUT2D eigenvalue weighted by Gasteiger charge is 2.27. The summed E-state index contributed by atoms with van der Waals surface area (Å²) < 4.78 is 5.84. The van der Waals surface area contributed by atoms with Gasteiger partial charge in [-0.05, 0) is 26.0 Å². The Morgan fingerprint density at radius 3 is 2.81 bits per heavy atom. The van der Waals surface area contributed by atoms with E-state index >= 15 is 0 Å². The van der Waals surface area contributed by atoms with Gasteiger partial charge >= 0.3 is 0 Å². The van der Waals surface area contributed by atoms with Crippen LogP contribution in [0.15, 0.2) is 16.5 Å². The van der Waals surface area contributed by atoms with Crippen molar-refractivity contribution >= 4 is 11.8 Å². The van der Waals surface area contributed by atoms with E-state index in [2.05, 4.69) is 18.7 Å². The van der Waals surface area contributed by atoms with Crippen molar-refractivity contribution in [2.75, 3.05) is 18.8 Å². The minimum atomic E-state index is -0.0126. The van der Waals surface area contributed by atoms with Crippen LogP contribution in [0.2, 0.25) is 0 Å². The Bertz CT molecular complexity index is 349. The zero-order valence-electron chi connectivity index (χ0n) is 9.90. The molecule has 1 saturated heterocycles. The Morgan fingerprint density at radius 2 is 2.19 bits per heavy atom. The summed E-state index contributed by atoms with van der Waals surface area (Å²) in [7, 11) is 0. The van der Waals surface area contributed by atoms with Gasteiger partial charge in [0.05, 0.1) is 6.54 Å². The number of rotatable bonds is 3. The molecule has 0 atom stereocenters. The molecule has 1 aromatic heterocycles. The lowest BCUT2D eigenvalue weighted by molar-refractivity contribution is 0.213. The molecule has 0 amide bonds. The number of aliphatic hydroxyl groups is 1. The topological polar surface area (TPSA) is 36.6 Å². The maximum Gasteiger partial charge on any atom is 0.129 e. The second-order valence-electron chi connectivity index (χ2n) is 4.84. The van der Waals surface area contributed by atoms with Gasteiger partial charge < -0.3 is 9.52 Å². The summed E-state index contributed by atoms with van der Waals surface area (Å²) >= 11 is 2.03. The van der Waals surface area contributed by atoms with Gasteiger partial charge in [-0.3, -0.25) is 4.90 Å². The summed E-state index contributed by atoms with van der Waals surface area (Å²) in [4.78, 5) is 2.41. The molecule has 3 nitrogen and oxygen atoms in total. The lowest BCUT2D eigenvalue weighted by Gasteiger charge is -2.37. The average molecular weight is 241 g/mol. The SMILES string of the molecule is CC1(C)CN(Cc2ccc(CO)o2)CCS1. The van der Waals surface area contributed by atoms with E-state index in [1.807, 2.05) is 23.9 Å². The van der Waals surface area contributed by atoms with Gasteiger partial charge in [-0.1, -0.05) is 0 Å². The van der Waals surface area contributed by atoms with Crippen molar-refractivity contribution in [3.63, 3.8) is 0 Å². The minimum Gasteiger partial charge on any atom is -0.462 e. The van der Waals surface area contributed by atoms with E-state index < -0.39 is 0 Å². The summed E-state index contributed by atoms with van der Waals surface area (Å²) in [5, 5.41) is 8.93. The molecule has 0 unspecified atom stereocenters. The van der Waals surface area contributed by atoms with E-state index in [-0.39, 0.29) is 6.61 Å². The fourth-order valence-electron chi connectivity index (χ4n) is 2.06. The normalized spacial score (nSPS) is 21.2.